The number of benzene rings is 1. The van der Waals surface area contributed by atoms with Gasteiger partial charge < -0.3 is 10.5 Å². The highest BCUT2D eigenvalue weighted by Crippen LogP contribution is 2.12. The number of rotatable bonds is 4. The molecule has 2 heteroatoms. The maximum Gasteiger partial charge on any atom is 0.127 e. The van der Waals surface area contributed by atoms with Crippen LogP contribution in [0.3, 0.4) is 0 Å². The van der Waals surface area contributed by atoms with Crippen molar-refractivity contribution in [2.45, 2.75) is 6.92 Å². The summed E-state index contributed by atoms with van der Waals surface area (Å²) in [6, 6.07) is 9.50. The first-order valence-corrected chi connectivity index (χ1v) is 4.74. The first-order valence-electron chi connectivity index (χ1n) is 4.74. The van der Waals surface area contributed by atoms with Crippen molar-refractivity contribution in [1.29, 1.82) is 0 Å². The van der Waals surface area contributed by atoms with Gasteiger partial charge in [-0.2, -0.15) is 0 Å². The fourth-order valence-electron chi connectivity index (χ4n) is 0.959. The van der Waals surface area contributed by atoms with Crippen molar-refractivity contribution in [1.82, 2.24) is 0 Å². The summed E-state index contributed by atoms with van der Waals surface area (Å²) in [7, 11) is 0. The Labute approximate surface area is 90.4 Å². The van der Waals surface area contributed by atoms with Crippen molar-refractivity contribution in [2.24, 2.45) is 5.73 Å². The van der Waals surface area contributed by atoms with E-state index in [1.54, 1.807) is 12.2 Å². The third-order valence-electron chi connectivity index (χ3n) is 1.79. The molecule has 1 rings (SSSR count). The molecule has 0 aliphatic rings. The van der Waals surface area contributed by atoms with Crippen molar-refractivity contribution < 1.29 is 4.74 Å². The lowest BCUT2D eigenvalue weighted by molar-refractivity contribution is 0.447. The molecule has 0 amide bonds. The van der Waals surface area contributed by atoms with Gasteiger partial charge in [0.2, 0.25) is 0 Å². The van der Waals surface area contributed by atoms with Crippen LogP contribution < -0.4 is 10.5 Å². The number of hydrogen-bond acceptors (Lipinski definition) is 2. The van der Waals surface area contributed by atoms with Crippen LogP contribution in [0, 0.1) is 0 Å². The van der Waals surface area contributed by atoms with Gasteiger partial charge in [0.1, 0.15) is 11.5 Å². The van der Waals surface area contributed by atoms with E-state index in [9.17, 15) is 0 Å². The molecule has 0 fully saturated rings. The van der Waals surface area contributed by atoms with Crippen LogP contribution >= 0.6 is 0 Å². The fourth-order valence-corrected chi connectivity index (χ4v) is 0.959. The minimum atomic E-state index is 0.561. The summed E-state index contributed by atoms with van der Waals surface area (Å²) in [6.07, 6.45) is 5.31. The van der Waals surface area contributed by atoms with E-state index in [4.69, 9.17) is 10.5 Å². The predicted octanol–water partition coefficient (Wildman–Crippen LogP) is 3.00. The predicted molar refractivity (Wildman–Crippen MR) is 63.3 cm³/mol. The van der Waals surface area contributed by atoms with Gasteiger partial charge in [0, 0.05) is 5.70 Å². The highest BCUT2D eigenvalue weighted by atomic mass is 16.5. The summed E-state index contributed by atoms with van der Waals surface area (Å²) < 4.78 is 5.45. The van der Waals surface area contributed by atoms with Gasteiger partial charge in [0.25, 0.3) is 0 Å². The number of allylic oxidation sites excluding steroid dienone is 3. The van der Waals surface area contributed by atoms with Crippen LogP contribution in [0.25, 0.3) is 0 Å². The first-order chi connectivity index (χ1) is 7.22. The Bertz CT molecular complexity index is 377. The molecule has 0 unspecified atom stereocenters. The van der Waals surface area contributed by atoms with Crippen LogP contribution in [0.4, 0.5) is 0 Å². The SMILES string of the molecule is C=C(/C=C\C(N)=C/C)Oc1ccccc1. The second-order valence-electron chi connectivity index (χ2n) is 3.00. The largest absolute Gasteiger partial charge is 0.458 e. The van der Waals surface area contributed by atoms with Gasteiger partial charge >= 0.3 is 0 Å². The van der Waals surface area contributed by atoms with Crippen molar-refractivity contribution in [3.05, 3.63) is 66.6 Å². The quantitative estimate of drug-likeness (QED) is 0.600. The standard InChI is InChI=1S/C13H15NO/c1-3-12(14)10-9-11(2)15-13-7-5-4-6-8-13/h3-10H,2,14H2,1H3/b10-9-,12-3+. The lowest BCUT2D eigenvalue weighted by atomic mass is 10.3. The van der Waals surface area contributed by atoms with E-state index in [-0.39, 0.29) is 0 Å². The van der Waals surface area contributed by atoms with Crippen LogP contribution in [0.1, 0.15) is 6.92 Å². The minimum Gasteiger partial charge on any atom is -0.458 e. The zero-order valence-corrected chi connectivity index (χ0v) is 8.81. The molecule has 0 aliphatic heterocycles. The van der Waals surface area contributed by atoms with E-state index in [2.05, 4.69) is 6.58 Å². The van der Waals surface area contributed by atoms with E-state index in [0.717, 1.165) is 5.75 Å². The molecule has 0 heterocycles. The molecule has 0 saturated carbocycles. The Hall–Kier alpha value is -1.96. The van der Waals surface area contributed by atoms with Gasteiger partial charge in [0.15, 0.2) is 0 Å². The fraction of sp³-hybridized carbons (Fsp3) is 0.0769. The highest BCUT2D eigenvalue weighted by Gasteiger charge is 1.92. The van der Waals surface area contributed by atoms with E-state index < -0.39 is 0 Å². The summed E-state index contributed by atoms with van der Waals surface area (Å²) in [6.45, 7) is 5.64. The molecule has 0 aliphatic carbocycles. The van der Waals surface area contributed by atoms with Gasteiger partial charge in [-0.05, 0) is 31.2 Å². The van der Waals surface area contributed by atoms with Gasteiger partial charge in [-0.3, -0.25) is 0 Å². The molecule has 78 valence electrons. The average molecular weight is 201 g/mol. The summed E-state index contributed by atoms with van der Waals surface area (Å²) in [5.41, 5.74) is 6.28. The number of nitrogens with two attached hydrogens (primary N) is 1. The van der Waals surface area contributed by atoms with Crippen LogP contribution in [0.2, 0.25) is 0 Å². The Morgan fingerprint density at radius 1 is 1.27 bits per heavy atom. The van der Waals surface area contributed by atoms with Crippen LogP contribution in [-0.4, -0.2) is 0 Å². The molecule has 15 heavy (non-hydrogen) atoms. The van der Waals surface area contributed by atoms with Crippen LogP contribution in [0.15, 0.2) is 66.6 Å². The topological polar surface area (TPSA) is 35.2 Å². The van der Waals surface area contributed by atoms with Crippen LogP contribution in [0.5, 0.6) is 5.75 Å². The molecule has 0 atom stereocenters. The number of para-hydroxylation sites is 1. The Morgan fingerprint density at radius 3 is 2.53 bits per heavy atom. The Morgan fingerprint density at radius 2 is 1.93 bits per heavy atom. The maximum atomic E-state index is 5.59. The second-order valence-corrected chi connectivity index (χ2v) is 3.00. The molecule has 0 saturated heterocycles. The van der Waals surface area contributed by atoms with Gasteiger partial charge in [0.05, 0.1) is 0 Å². The van der Waals surface area contributed by atoms with Crippen molar-refractivity contribution in [3.63, 3.8) is 0 Å². The van der Waals surface area contributed by atoms with Gasteiger partial charge in [-0.15, -0.1) is 0 Å². The summed E-state index contributed by atoms with van der Waals surface area (Å²) in [4.78, 5) is 0. The van der Waals surface area contributed by atoms with Crippen molar-refractivity contribution in [2.75, 3.05) is 0 Å². The summed E-state index contributed by atoms with van der Waals surface area (Å²) in [5.74, 6) is 1.33. The van der Waals surface area contributed by atoms with Gasteiger partial charge in [-0.1, -0.05) is 30.9 Å². The lowest BCUT2D eigenvalue weighted by Gasteiger charge is -2.03. The molecule has 1 aromatic rings. The van der Waals surface area contributed by atoms with Gasteiger partial charge in [-0.25, -0.2) is 0 Å². The number of hydrogen-bond donors (Lipinski definition) is 1. The second kappa shape index (κ2) is 5.70. The van der Waals surface area contributed by atoms with Crippen molar-refractivity contribution >= 4 is 0 Å². The normalized spacial score (nSPS) is 11.7. The smallest absolute Gasteiger partial charge is 0.127 e. The average Bonchev–Trinajstić information content (AvgIpc) is 2.27. The zero-order valence-electron chi connectivity index (χ0n) is 8.81. The number of ether oxygens (including phenoxy) is 1. The zero-order chi connectivity index (χ0) is 11.1. The molecule has 0 bridgehead atoms. The van der Waals surface area contributed by atoms with E-state index >= 15 is 0 Å². The third kappa shape index (κ3) is 4.18. The summed E-state index contributed by atoms with van der Waals surface area (Å²) in [5, 5.41) is 0. The minimum absolute atomic E-state index is 0.561. The van der Waals surface area contributed by atoms with Crippen LogP contribution in [-0.2, 0) is 0 Å². The van der Waals surface area contributed by atoms with E-state index in [0.29, 0.717) is 11.5 Å². The molecular weight excluding hydrogens is 186 g/mol. The molecule has 2 N–H and O–H groups in total. The monoisotopic (exact) mass is 201 g/mol. The lowest BCUT2D eigenvalue weighted by Crippen LogP contribution is -1.94. The maximum absolute atomic E-state index is 5.59. The molecular formula is C13H15NO. The first kappa shape index (κ1) is 11.1. The summed E-state index contributed by atoms with van der Waals surface area (Å²) >= 11 is 0. The highest BCUT2D eigenvalue weighted by molar-refractivity contribution is 5.27. The van der Waals surface area contributed by atoms with E-state index in [1.807, 2.05) is 43.3 Å². The molecule has 0 radical (unpaired) electrons. The Balaban J connectivity index is 2.54. The molecule has 0 spiro atoms. The van der Waals surface area contributed by atoms with E-state index in [1.165, 1.54) is 0 Å². The molecule has 2 nitrogen and oxygen atoms in total. The Kier molecular flexibility index (Phi) is 4.23. The molecule has 1 aromatic carbocycles. The van der Waals surface area contributed by atoms with Crippen molar-refractivity contribution in [3.8, 4) is 5.75 Å². The molecule has 0 aromatic heterocycles. The third-order valence-corrected chi connectivity index (χ3v) is 1.79.